The minimum atomic E-state index is -0.953. The fourth-order valence-corrected chi connectivity index (χ4v) is 1.67. The van der Waals surface area contributed by atoms with Crippen LogP contribution in [0.25, 0.3) is 0 Å². The van der Waals surface area contributed by atoms with E-state index >= 15 is 0 Å². The van der Waals surface area contributed by atoms with Crippen LogP contribution in [0, 0.1) is 5.92 Å². The van der Waals surface area contributed by atoms with Gasteiger partial charge in [0.2, 0.25) is 0 Å². The first kappa shape index (κ1) is 16.0. The van der Waals surface area contributed by atoms with Crippen molar-refractivity contribution < 1.29 is 19.4 Å². The number of aromatic carboxylic acids is 1. The minimum absolute atomic E-state index is 0.274. The summed E-state index contributed by atoms with van der Waals surface area (Å²) < 4.78 is 5.10. The van der Waals surface area contributed by atoms with Crippen LogP contribution in [0.1, 0.15) is 29.8 Å². The minimum Gasteiger partial charge on any atom is -0.478 e. The summed E-state index contributed by atoms with van der Waals surface area (Å²) in [5.74, 6) is -0.661. The van der Waals surface area contributed by atoms with E-state index in [4.69, 9.17) is 9.84 Å². The molecule has 0 radical (unpaired) electrons. The molecule has 1 amide bonds. The molecule has 0 bridgehead atoms. The smallest absolute Gasteiger partial charge is 0.409 e. The molecule has 0 unspecified atom stereocenters. The van der Waals surface area contributed by atoms with Crippen LogP contribution in [0.15, 0.2) is 24.3 Å². The van der Waals surface area contributed by atoms with Crippen molar-refractivity contribution in [1.82, 2.24) is 4.90 Å². The molecule has 110 valence electrons. The molecule has 0 heterocycles. The number of amides is 1. The lowest BCUT2D eigenvalue weighted by atomic mass is 10.0. The van der Waals surface area contributed by atoms with Crippen molar-refractivity contribution >= 4 is 12.1 Å². The highest BCUT2D eigenvalue weighted by Crippen LogP contribution is 2.10. The molecule has 0 saturated heterocycles. The van der Waals surface area contributed by atoms with E-state index in [9.17, 15) is 9.59 Å². The summed E-state index contributed by atoms with van der Waals surface area (Å²) >= 11 is 0. The van der Waals surface area contributed by atoms with E-state index in [-0.39, 0.29) is 11.7 Å². The van der Waals surface area contributed by atoms with Crippen LogP contribution in [-0.4, -0.2) is 42.3 Å². The molecule has 0 aliphatic carbocycles. The summed E-state index contributed by atoms with van der Waals surface area (Å²) in [7, 11) is 1.64. The van der Waals surface area contributed by atoms with Crippen LogP contribution in [0.4, 0.5) is 4.79 Å². The summed E-state index contributed by atoms with van der Waals surface area (Å²) in [4.78, 5) is 24.2. The molecule has 0 saturated carbocycles. The number of hydrogen-bond donors (Lipinski definition) is 1. The number of rotatable bonds is 6. The van der Waals surface area contributed by atoms with E-state index in [1.807, 2.05) is 13.8 Å². The summed E-state index contributed by atoms with van der Waals surface area (Å²) in [5.41, 5.74) is 0.986. The van der Waals surface area contributed by atoms with Crippen molar-refractivity contribution in [2.24, 2.45) is 5.92 Å². The quantitative estimate of drug-likeness (QED) is 0.869. The Kier molecular flexibility index (Phi) is 6.03. The molecule has 5 nitrogen and oxygen atoms in total. The van der Waals surface area contributed by atoms with Crippen LogP contribution in [0.5, 0.6) is 0 Å². The van der Waals surface area contributed by atoms with Gasteiger partial charge in [0.05, 0.1) is 12.2 Å². The highest BCUT2D eigenvalue weighted by molar-refractivity contribution is 5.89. The summed E-state index contributed by atoms with van der Waals surface area (Å²) in [6.07, 6.45) is 0.0990. The molecule has 0 atom stereocenters. The van der Waals surface area contributed by atoms with Crippen molar-refractivity contribution in [2.75, 3.05) is 20.2 Å². The van der Waals surface area contributed by atoms with Crippen LogP contribution in [-0.2, 0) is 11.2 Å². The van der Waals surface area contributed by atoms with Gasteiger partial charge >= 0.3 is 12.1 Å². The Labute approximate surface area is 119 Å². The van der Waals surface area contributed by atoms with Gasteiger partial charge in [0.15, 0.2) is 0 Å². The van der Waals surface area contributed by atoms with Crippen molar-refractivity contribution in [2.45, 2.75) is 20.3 Å². The molecule has 1 rings (SSSR count). The van der Waals surface area contributed by atoms with Crippen molar-refractivity contribution in [3.05, 3.63) is 35.4 Å². The van der Waals surface area contributed by atoms with Crippen molar-refractivity contribution in [3.8, 4) is 0 Å². The Hall–Kier alpha value is -2.04. The van der Waals surface area contributed by atoms with E-state index in [1.54, 1.807) is 31.3 Å². The lowest BCUT2D eigenvalue weighted by Crippen LogP contribution is -2.30. The van der Waals surface area contributed by atoms with Gasteiger partial charge in [0.25, 0.3) is 0 Å². The van der Waals surface area contributed by atoms with Gasteiger partial charge in [0.1, 0.15) is 0 Å². The van der Waals surface area contributed by atoms with E-state index in [2.05, 4.69) is 0 Å². The molecule has 0 aliphatic heterocycles. The number of carboxylic acids is 1. The predicted octanol–water partition coefficient (Wildman–Crippen LogP) is 2.65. The largest absolute Gasteiger partial charge is 0.478 e. The third-order valence-corrected chi connectivity index (χ3v) is 2.82. The molecule has 0 spiro atoms. The molecule has 5 heteroatoms. The number of ether oxygens (including phenoxy) is 1. The first-order valence-corrected chi connectivity index (χ1v) is 6.61. The first-order valence-electron chi connectivity index (χ1n) is 6.61. The van der Waals surface area contributed by atoms with E-state index in [0.717, 1.165) is 0 Å². The van der Waals surface area contributed by atoms with Gasteiger partial charge in [-0.15, -0.1) is 0 Å². The zero-order valence-corrected chi connectivity index (χ0v) is 12.1. The SMILES string of the molecule is CC(C)COC(=O)N(C)CCc1ccccc1C(=O)O. The Morgan fingerprint density at radius 1 is 1.30 bits per heavy atom. The first-order chi connectivity index (χ1) is 9.41. The Balaban J connectivity index is 2.54. The molecular formula is C15H21NO4. The highest BCUT2D eigenvalue weighted by Gasteiger charge is 2.13. The maximum Gasteiger partial charge on any atom is 0.409 e. The average Bonchev–Trinajstić information content (AvgIpc) is 2.42. The van der Waals surface area contributed by atoms with Gasteiger partial charge < -0.3 is 14.7 Å². The van der Waals surface area contributed by atoms with Gasteiger partial charge in [-0.05, 0) is 24.0 Å². The zero-order valence-electron chi connectivity index (χ0n) is 12.1. The number of benzene rings is 1. The molecule has 20 heavy (non-hydrogen) atoms. The maximum absolute atomic E-state index is 11.7. The van der Waals surface area contributed by atoms with Gasteiger partial charge in [-0.1, -0.05) is 32.0 Å². The molecular weight excluding hydrogens is 258 g/mol. The number of likely N-dealkylation sites (N-methyl/N-ethyl adjacent to an activating group) is 1. The van der Waals surface area contributed by atoms with Crippen LogP contribution >= 0.6 is 0 Å². The number of nitrogens with zero attached hydrogens (tertiary/aromatic N) is 1. The Bertz CT molecular complexity index is 471. The topological polar surface area (TPSA) is 66.8 Å². The maximum atomic E-state index is 11.7. The van der Waals surface area contributed by atoms with Crippen LogP contribution < -0.4 is 0 Å². The number of carboxylic acid groups (broad SMARTS) is 1. The molecule has 0 fully saturated rings. The summed E-state index contributed by atoms with van der Waals surface area (Å²) in [6, 6.07) is 6.80. The van der Waals surface area contributed by atoms with Crippen LogP contribution in [0.3, 0.4) is 0 Å². The molecule has 0 aromatic heterocycles. The third kappa shape index (κ3) is 4.91. The van der Waals surface area contributed by atoms with Gasteiger partial charge in [-0.2, -0.15) is 0 Å². The van der Waals surface area contributed by atoms with Gasteiger partial charge in [-0.3, -0.25) is 0 Å². The second-order valence-electron chi connectivity index (χ2n) is 5.10. The number of hydrogen-bond acceptors (Lipinski definition) is 3. The number of carbonyl (C=O) groups excluding carboxylic acids is 1. The second kappa shape index (κ2) is 7.53. The standard InChI is InChI=1S/C15H21NO4/c1-11(2)10-20-15(19)16(3)9-8-12-6-4-5-7-13(12)14(17)18/h4-7,11H,8-10H2,1-3H3,(H,17,18). The third-order valence-electron chi connectivity index (χ3n) is 2.82. The van der Waals surface area contributed by atoms with Gasteiger partial charge in [0, 0.05) is 13.6 Å². The Morgan fingerprint density at radius 2 is 1.95 bits per heavy atom. The predicted molar refractivity (Wildman–Crippen MR) is 75.9 cm³/mol. The van der Waals surface area contributed by atoms with E-state index in [0.29, 0.717) is 31.1 Å². The summed E-state index contributed by atoms with van der Waals surface area (Å²) in [6.45, 7) is 4.74. The summed E-state index contributed by atoms with van der Waals surface area (Å²) in [5, 5.41) is 9.08. The van der Waals surface area contributed by atoms with Crippen molar-refractivity contribution in [1.29, 1.82) is 0 Å². The van der Waals surface area contributed by atoms with Crippen LogP contribution in [0.2, 0.25) is 0 Å². The highest BCUT2D eigenvalue weighted by atomic mass is 16.6. The van der Waals surface area contributed by atoms with E-state index in [1.165, 1.54) is 4.90 Å². The average molecular weight is 279 g/mol. The van der Waals surface area contributed by atoms with Crippen molar-refractivity contribution in [3.63, 3.8) is 0 Å². The van der Waals surface area contributed by atoms with Gasteiger partial charge in [-0.25, -0.2) is 9.59 Å². The monoisotopic (exact) mass is 279 g/mol. The molecule has 1 aromatic rings. The fraction of sp³-hybridized carbons (Fsp3) is 0.467. The fourth-order valence-electron chi connectivity index (χ4n) is 1.67. The lowest BCUT2D eigenvalue weighted by molar-refractivity contribution is 0.0695. The molecule has 1 N–H and O–H groups in total. The second-order valence-corrected chi connectivity index (χ2v) is 5.10. The van der Waals surface area contributed by atoms with E-state index < -0.39 is 5.97 Å². The normalized spacial score (nSPS) is 10.4. The number of carbonyl (C=O) groups is 2. The lowest BCUT2D eigenvalue weighted by Gasteiger charge is -2.18. The zero-order chi connectivity index (χ0) is 15.1. The molecule has 1 aromatic carbocycles. The molecule has 0 aliphatic rings. The Morgan fingerprint density at radius 3 is 2.55 bits per heavy atom.